The Balaban J connectivity index is 0.000000190. The van der Waals surface area contributed by atoms with Crippen molar-refractivity contribution in [2.24, 2.45) is 32.7 Å². The molecule has 5 amide bonds. The molecule has 4 saturated heterocycles. The predicted molar refractivity (Wildman–Crippen MR) is 421 cm³/mol. The fraction of sp³-hybridized carbons (Fsp3) is 0.512. The highest BCUT2D eigenvalue weighted by atomic mass is 19.1. The lowest BCUT2D eigenvalue weighted by atomic mass is 9.80. The Morgan fingerprint density at radius 3 is 1.42 bits per heavy atom. The third kappa shape index (κ3) is 15.6. The van der Waals surface area contributed by atoms with Crippen molar-refractivity contribution in [2.75, 3.05) is 47.5 Å². The Kier molecular flexibility index (Phi) is 18.1. The van der Waals surface area contributed by atoms with Crippen molar-refractivity contribution >= 4 is 69.9 Å². The number of nitrogens with zero attached hydrogens (tertiary/aromatic N) is 6. The van der Waals surface area contributed by atoms with E-state index in [9.17, 15) is 28.8 Å². The number of likely N-dealkylation sites (tertiary alicyclic amines) is 2. The Hall–Kier alpha value is -9.68. The summed E-state index contributed by atoms with van der Waals surface area (Å²) in [5.74, 6) is -10.4. The number of imidazole rings is 1. The van der Waals surface area contributed by atoms with Gasteiger partial charge in [0.15, 0.2) is 0 Å². The smallest absolute Gasteiger partial charge is 0.407 e. The number of rotatable bonds is 19. The summed E-state index contributed by atoms with van der Waals surface area (Å²) in [5.41, 5.74) is 18.2. The van der Waals surface area contributed by atoms with Crippen LogP contribution in [0.1, 0.15) is 246 Å². The summed E-state index contributed by atoms with van der Waals surface area (Å²) in [6, 6.07) is 9.58. The molecule has 24 heteroatoms. The molecule has 11 aliphatic rings. The van der Waals surface area contributed by atoms with Gasteiger partial charge < -0.3 is 60.7 Å². The minimum atomic E-state index is -3.81. The number of alkyl carbamates (subject to hydrolysis) is 3. The van der Waals surface area contributed by atoms with Gasteiger partial charge >= 0.3 is 24.2 Å². The molecule has 582 valence electrons. The van der Waals surface area contributed by atoms with Crippen LogP contribution in [0.3, 0.4) is 0 Å². The van der Waals surface area contributed by atoms with Crippen LogP contribution in [0.4, 0.5) is 23.2 Å². The minimum absolute atomic E-state index is 0.0454. The third-order valence-corrected chi connectivity index (χ3v) is 23.5. The van der Waals surface area contributed by atoms with Gasteiger partial charge in [0.25, 0.3) is 0 Å². The lowest BCUT2D eigenvalue weighted by molar-refractivity contribution is -0.140. The van der Waals surface area contributed by atoms with Crippen molar-refractivity contribution in [2.45, 2.75) is 216 Å². The second-order valence-corrected chi connectivity index (χ2v) is 30.2. The molecule has 12 atom stereocenters. The number of hydrogen-bond acceptors (Lipinski definition) is 15. The number of carboxylic acids is 1. The van der Waals surface area contributed by atoms with E-state index >= 15 is 8.78 Å². The van der Waals surface area contributed by atoms with E-state index in [-0.39, 0.29) is 36.7 Å². The number of aromatic amines is 1. The van der Waals surface area contributed by atoms with Gasteiger partial charge in [0.05, 0.1) is 55.5 Å². The molecule has 16 rings (SSSR count). The number of allylic oxidation sites excluding steroid dienone is 3. The first-order valence-electron chi connectivity index (χ1n) is 45.5. The molecule has 7 aliphatic heterocycles. The highest BCUT2D eigenvalue weighted by Gasteiger charge is 2.46. The van der Waals surface area contributed by atoms with E-state index in [1.807, 2.05) is 36.7 Å². The topological polar surface area (TPSA) is 283 Å². The van der Waals surface area contributed by atoms with Gasteiger partial charge in [-0.05, 0) is 223 Å². The number of methoxy groups -OCH3 is 3. The number of carbonyl (C=O) groups excluding carboxylic acids is 5. The standard InChI is InChI=1S/C47H57FN6O6.C32H34FN5.C7H13NO4/c1-25(2)42(51-46(57)59-5)44(55)53-17-7-9-38(53)36-21-30(23-49-36)27-13-14-33(35(48)20-27)34-16-15-32(40-28-11-12-29(19-28)41(34)40)31-22-37(50-24-31)39-10-8-18-54(39)45(56)43(26(3)4)52-47(58)60-6;33-25-14-18(29-17-37-32(38-29)27-4-2-12-35-27)7-8-23(25)24-10-9-22(30-19-5-6-20(13-19)31(24)30)21-15-28(36-16-21)26-3-1-11-34-26;1-4(2)5(6(9)10)8-7(11)12-3/h13-16,20,23-26,28-29,38-39,42-43H,7-12,17-19,21-22H2,1-6H3,(H,51,57)(H,52,58);7-10,14,16-17,19-20,26-27,34-35H,1-6,11-13,15H2,(H,37,38);4-5H,1-3H3,(H,8,11)(H,9,10)/t28?,29?,38-,39-,42-,43-;19?,20?,26-,27?;5-/m000/s1/i1D3,2D3,25D,26D,42D,43D;;1D3,4D,5D/t2m;4?,5-. The molecule has 2 saturated carbocycles. The number of aliphatic carboxylic acids is 1. The number of hydrogen-bond donors (Lipinski definition) is 7. The Morgan fingerprint density at radius 2 is 0.945 bits per heavy atom. The summed E-state index contributed by atoms with van der Waals surface area (Å²) in [6.07, 6.45) is 18.3. The predicted octanol–water partition coefficient (Wildman–Crippen LogP) is 15.0. The van der Waals surface area contributed by atoms with E-state index in [0.717, 1.165) is 135 Å². The first kappa shape index (κ1) is 60.1. The fourth-order valence-corrected chi connectivity index (χ4v) is 18.3. The number of H-pyrrole nitrogens is 1. The maximum absolute atomic E-state index is 16.6. The molecule has 0 radical (unpaired) electrons. The van der Waals surface area contributed by atoms with Crippen molar-refractivity contribution in [3.8, 4) is 33.5 Å². The van der Waals surface area contributed by atoms with E-state index in [0.29, 0.717) is 84.5 Å². The van der Waals surface area contributed by atoms with Gasteiger partial charge in [-0.15, -0.1) is 0 Å². The number of ether oxygens (including phenoxy) is 3. The van der Waals surface area contributed by atoms with Crippen LogP contribution in [0, 0.1) is 29.3 Å². The lowest BCUT2D eigenvalue weighted by Crippen LogP contribution is -2.53. The Bertz CT molecular complexity index is 5310. The van der Waals surface area contributed by atoms with E-state index in [1.54, 1.807) is 39.9 Å². The summed E-state index contributed by atoms with van der Waals surface area (Å²) in [4.78, 5) is 99.8. The van der Waals surface area contributed by atoms with Gasteiger partial charge in [0.1, 0.15) is 35.5 Å². The number of aromatic nitrogens is 2. The molecular weight excluding hydrogens is 1400 g/mol. The van der Waals surface area contributed by atoms with Crippen molar-refractivity contribution in [3.05, 3.63) is 142 Å². The van der Waals surface area contributed by atoms with Crippen LogP contribution >= 0.6 is 0 Å². The third-order valence-electron chi connectivity index (χ3n) is 23.5. The van der Waals surface area contributed by atoms with Gasteiger partial charge in [-0.2, -0.15) is 0 Å². The average molecular weight is 1520 g/mol. The number of benzene rings is 4. The number of aliphatic imine (C=N–C) groups is 3. The summed E-state index contributed by atoms with van der Waals surface area (Å²) in [5, 5.41) is 21.6. The van der Waals surface area contributed by atoms with E-state index in [2.05, 4.69) is 58.7 Å². The van der Waals surface area contributed by atoms with Crippen LogP contribution in [-0.2, 0) is 28.6 Å². The number of amides is 5. The van der Waals surface area contributed by atoms with Gasteiger partial charge in [-0.1, -0.05) is 89.9 Å². The largest absolute Gasteiger partial charge is 0.480 e. The van der Waals surface area contributed by atoms with Gasteiger partial charge in [0.2, 0.25) is 11.8 Å². The molecule has 5 aromatic rings. The maximum Gasteiger partial charge on any atom is 0.407 e. The molecule has 7 N–H and O–H groups in total. The second-order valence-electron chi connectivity index (χ2n) is 30.2. The highest BCUT2D eigenvalue weighted by molar-refractivity contribution is 6.06. The monoisotopic (exact) mass is 1520 g/mol. The van der Waals surface area contributed by atoms with Crippen molar-refractivity contribution in [3.63, 3.8) is 0 Å². The zero-order valence-corrected chi connectivity index (χ0v) is 62.6. The fourth-order valence-electron chi connectivity index (χ4n) is 18.3. The SMILES string of the molecule is Fc1cc(-c2cnc(C3CCCN3)[nH]2)ccc1-c1ccc(C2=CN=C([C@@H]3CCCN3)C2)c2c1C1CCC2C1.[2H]C([2H])([2H])C([2H])(C([2H])([2H])[2H])[C@]([2H])(NC(=O)OC)C(=O)N1CCC[C@H]1C1=NC=C(c2ccc(-c3ccc(C4=CN=C([C@@H]5CCCN5C(=O)[C@@]([2H])(NC(=O)OC)C([2H])(C)C)C4)c4c3C3CCC4C3)c(F)c2)C1.[2H]C([2H])([2H])C([2H])(C)[C@]([2H])(NC(=O)OC)C(=O)O. The maximum atomic E-state index is 16.6. The summed E-state index contributed by atoms with van der Waals surface area (Å²) < 4.78 is 165. The van der Waals surface area contributed by atoms with Gasteiger partial charge in [-0.25, -0.2) is 32.9 Å². The number of carboxylic acid groups (broad SMARTS) is 1. The van der Waals surface area contributed by atoms with Crippen LogP contribution in [0.15, 0.2) is 100 Å². The molecule has 0 spiro atoms. The average Bonchev–Trinajstić information content (AvgIpc) is 1.32. The normalized spacial score (nSPS) is 27.9. The molecule has 110 heavy (non-hydrogen) atoms. The first-order valence-corrected chi connectivity index (χ1v) is 38.0. The quantitative estimate of drug-likeness (QED) is 0.0379. The molecule has 4 aromatic carbocycles. The summed E-state index contributed by atoms with van der Waals surface area (Å²) in [6.45, 7) is -4.63. The number of carbonyl (C=O) groups is 6. The zero-order valence-electron chi connectivity index (χ0n) is 77.6. The van der Waals surface area contributed by atoms with E-state index in [4.69, 9.17) is 40.4 Å². The lowest BCUT2D eigenvalue weighted by Gasteiger charge is -2.31. The van der Waals surface area contributed by atoms with Crippen LogP contribution < -0.4 is 26.6 Å². The molecular formula is C86H104F2N12O10. The van der Waals surface area contributed by atoms with Crippen LogP contribution in [0.5, 0.6) is 0 Å². The van der Waals surface area contributed by atoms with E-state index in [1.165, 1.54) is 85.6 Å². The Labute approximate surface area is 663 Å². The van der Waals surface area contributed by atoms with Crippen LogP contribution in [0.2, 0.25) is 0 Å². The molecule has 4 aliphatic carbocycles. The molecule has 4 bridgehead atoms. The second kappa shape index (κ2) is 33.1. The molecule has 8 heterocycles. The number of halogens is 2. The molecule has 6 fully saturated rings. The molecule has 1 aromatic heterocycles. The molecule has 22 nitrogen and oxygen atoms in total. The minimum Gasteiger partial charge on any atom is -0.480 e. The van der Waals surface area contributed by atoms with Crippen LogP contribution in [0.25, 0.3) is 50.2 Å². The number of nitrogens with one attached hydrogen (secondary N) is 6. The zero-order chi connectivity index (χ0) is 90.4. The van der Waals surface area contributed by atoms with Crippen molar-refractivity contribution in [1.29, 1.82) is 0 Å². The molecule has 6 unspecified atom stereocenters. The highest BCUT2D eigenvalue weighted by Crippen LogP contribution is 2.60. The van der Waals surface area contributed by atoms with Crippen molar-refractivity contribution in [1.82, 2.24) is 46.4 Å². The van der Waals surface area contributed by atoms with Gasteiger partial charge in [-0.3, -0.25) is 24.6 Å². The first-order chi connectivity index (χ1) is 58.8. The summed E-state index contributed by atoms with van der Waals surface area (Å²) in [7, 11) is 2.95. The summed E-state index contributed by atoms with van der Waals surface area (Å²) >= 11 is 0. The van der Waals surface area contributed by atoms with Crippen LogP contribution in [-0.4, -0.2) is 162 Å². The van der Waals surface area contributed by atoms with E-state index < -0.39 is 110 Å². The van der Waals surface area contributed by atoms with Crippen molar-refractivity contribution < 1.29 is 77.4 Å². The van der Waals surface area contributed by atoms with Gasteiger partial charge in [0, 0.05) is 107 Å². The number of fused-ring (bicyclic) bond motifs is 10. The Morgan fingerprint density at radius 1 is 0.518 bits per heavy atom.